The van der Waals surface area contributed by atoms with Gasteiger partial charge in [0, 0.05) is 48.6 Å². The van der Waals surface area contributed by atoms with Crippen LogP contribution in [0.3, 0.4) is 0 Å². The maximum atomic E-state index is 11.7. The van der Waals surface area contributed by atoms with E-state index in [1.165, 1.54) is 26.6 Å². The van der Waals surface area contributed by atoms with Crippen molar-refractivity contribution >= 4 is 38.1 Å². The standard InChI is InChI=1S/C22H20NS.C13H24O2.Ir/c1-14-11-20-21(24-14)10-9-19(23-20)16-12-15-7-5-6-8-17(15)18(13-16)22(2,3)4;1-5-10(6-2)12(14)9-13(15)11(7-3)8-4;/h5-11,13H,1-4H3;9-11,14H,5-8H2,1-4H3;/q-1;;/b;12-9-;. The van der Waals surface area contributed by atoms with Crippen LogP contribution in [-0.2, 0) is 30.3 Å². The molecular weight excluding hydrogens is 691 g/mol. The number of hydrogen-bond donors (Lipinski definition) is 1. The van der Waals surface area contributed by atoms with Crippen LogP contribution in [0.2, 0.25) is 0 Å². The summed E-state index contributed by atoms with van der Waals surface area (Å²) in [5.74, 6) is 0.547. The van der Waals surface area contributed by atoms with E-state index in [2.05, 4.69) is 82.3 Å². The van der Waals surface area contributed by atoms with Crippen molar-refractivity contribution in [2.75, 3.05) is 0 Å². The molecule has 0 fully saturated rings. The molecule has 5 heteroatoms. The number of nitrogens with zero attached hydrogens (tertiary/aromatic N) is 1. The van der Waals surface area contributed by atoms with Crippen molar-refractivity contribution < 1.29 is 30.0 Å². The third-order valence-electron chi connectivity index (χ3n) is 7.44. The molecule has 0 aliphatic heterocycles. The number of carbonyl (C=O) groups is 1. The monoisotopic (exact) mass is 735 g/mol. The van der Waals surface area contributed by atoms with Gasteiger partial charge >= 0.3 is 0 Å². The van der Waals surface area contributed by atoms with E-state index in [4.69, 9.17) is 4.98 Å². The summed E-state index contributed by atoms with van der Waals surface area (Å²) in [5, 5.41) is 12.2. The first-order valence-electron chi connectivity index (χ1n) is 14.3. The molecule has 0 aliphatic carbocycles. The fraction of sp³-hybridized carbons (Fsp3) is 0.429. The Morgan fingerprint density at radius 1 is 0.975 bits per heavy atom. The number of benzene rings is 2. The number of aromatic nitrogens is 1. The topological polar surface area (TPSA) is 50.2 Å². The number of carbonyl (C=O) groups excluding carboxylic acids is 1. The molecule has 217 valence electrons. The van der Waals surface area contributed by atoms with Crippen LogP contribution in [-0.4, -0.2) is 15.9 Å². The number of aliphatic hydroxyl groups is 1. The van der Waals surface area contributed by atoms with E-state index in [9.17, 15) is 9.90 Å². The molecule has 4 rings (SSSR count). The molecule has 0 aliphatic rings. The van der Waals surface area contributed by atoms with Crippen LogP contribution in [0.15, 0.2) is 60.4 Å². The predicted molar refractivity (Wildman–Crippen MR) is 169 cm³/mol. The van der Waals surface area contributed by atoms with Crippen molar-refractivity contribution in [1.29, 1.82) is 0 Å². The zero-order chi connectivity index (χ0) is 28.7. The molecule has 0 saturated heterocycles. The minimum Gasteiger partial charge on any atom is -0.512 e. The molecule has 0 amide bonds. The summed E-state index contributed by atoms with van der Waals surface area (Å²) >= 11 is 1.79. The van der Waals surface area contributed by atoms with Gasteiger partial charge in [-0.25, -0.2) is 0 Å². The SMILES string of the molecule is CCC(CC)C(=O)/C=C(\O)C(CC)CC.Cc1cc2nc(-c3[c-]c4ccccc4c(C(C)(C)C)c3)ccc2s1.[Ir]. The van der Waals surface area contributed by atoms with E-state index < -0.39 is 0 Å². The van der Waals surface area contributed by atoms with E-state index in [-0.39, 0.29) is 48.9 Å². The second-order valence-corrected chi connectivity index (χ2v) is 12.6. The van der Waals surface area contributed by atoms with Crippen LogP contribution in [0.1, 0.15) is 84.6 Å². The maximum absolute atomic E-state index is 11.7. The van der Waals surface area contributed by atoms with Gasteiger partial charge in [-0.2, -0.15) is 0 Å². The minimum atomic E-state index is 0. The summed E-state index contributed by atoms with van der Waals surface area (Å²) in [4.78, 5) is 17.9. The first-order chi connectivity index (χ1) is 18.5. The van der Waals surface area contributed by atoms with Gasteiger partial charge in [-0.3, -0.25) is 9.78 Å². The van der Waals surface area contributed by atoms with Gasteiger partial charge in [0.05, 0.1) is 16.0 Å². The van der Waals surface area contributed by atoms with Gasteiger partial charge in [0.15, 0.2) is 5.78 Å². The number of fused-ring (bicyclic) bond motifs is 2. The van der Waals surface area contributed by atoms with Gasteiger partial charge in [0.1, 0.15) is 0 Å². The van der Waals surface area contributed by atoms with Gasteiger partial charge in [-0.05, 0) is 50.2 Å². The average Bonchev–Trinajstić information content (AvgIpc) is 3.28. The fourth-order valence-corrected chi connectivity index (χ4v) is 5.83. The first kappa shape index (κ1) is 33.9. The molecule has 0 unspecified atom stereocenters. The Kier molecular flexibility index (Phi) is 12.7. The second kappa shape index (κ2) is 15.1. The summed E-state index contributed by atoms with van der Waals surface area (Å²) in [6.45, 7) is 17.0. The van der Waals surface area contributed by atoms with Gasteiger partial charge in [0.25, 0.3) is 0 Å². The van der Waals surface area contributed by atoms with Crippen LogP contribution in [0.5, 0.6) is 0 Å². The van der Waals surface area contributed by atoms with Crippen molar-refractivity contribution in [2.24, 2.45) is 11.8 Å². The van der Waals surface area contributed by atoms with Crippen LogP contribution in [0, 0.1) is 24.8 Å². The quantitative estimate of drug-likeness (QED) is 0.111. The number of aryl methyl sites for hydroxylation is 1. The largest absolute Gasteiger partial charge is 0.512 e. The van der Waals surface area contributed by atoms with E-state index in [1.807, 2.05) is 27.7 Å². The summed E-state index contributed by atoms with van der Waals surface area (Å²) in [6.07, 6.45) is 4.91. The normalized spacial score (nSPS) is 12.0. The Labute approximate surface area is 258 Å². The van der Waals surface area contributed by atoms with Crippen molar-refractivity contribution in [2.45, 2.75) is 86.5 Å². The van der Waals surface area contributed by atoms with Crippen LogP contribution in [0.25, 0.3) is 32.2 Å². The Bertz CT molecular complexity index is 1440. The Morgan fingerprint density at radius 3 is 2.20 bits per heavy atom. The summed E-state index contributed by atoms with van der Waals surface area (Å²) in [5.41, 5.74) is 4.57. The van der Waals surface area contributed by atoms with Crippen molar-refractivity contribution in [3.8, 4) is 11.3 Å². The van der Waals surface area contributed by atoms with Crippen LogP contribution < -0.4 is 0 Å². The molecule has 0 atom stereocenters. The van der Waals surface area contributed by atoms with E-state index in [0.29, 0.717) is 0 Å². The molecule has 3 nitrogen and oxygen atoms in total. The van der Waals surface area contributed by atoms with Crippen molar-refractivity contribution in [1.82, 2.24) is 4.98 Å². The van der Waals surface area contributed by atoms with Gasteiger partial charge < -0.3 is 5.11 Å². The smallest absolute Gasteiger partial charge is 0.162 e. The van der Waals surface area contributed by atoms with E-state index >= 15 is 0 Å². The number of rotatable bonds is 8. The fourth-order valence-electron chi connectivity index (χ4n) is 4.97. The van der Waals surface area contributed by atoms with Gasteiger partial charge in [-0.15, -0.1) is 40.5 Å². The molecule has 1 N–H and O–H groups in total. The molecule has 0 bridgehead atoms. The number of pyridine rings is 1. The van der Waals surface area contributed by atoms with E-state index in [1.54, 1.807) is 11.3 Å². The zero-order valence-corrected chi connectivity index (χ0v) is 28.4. The average molecular weight is 735 g/mol. The summed E-state index contributed by atoms with van der Waals surface area (Å²) < 4.78 is 1.24. The van der Waals surface area contributed by atoms with Crippen molar-refractivity contribution in [3.63, 3.8) is 0 Å². The van der Waals surface area contributed by atoms with Crippen LogP contribution >= 0.6 is 11.3 Å². The third-order valence-corrected chi connectivity index (χ3v) is 8.44. The molecule has 0 spiro atoms. The maximum Gasteiger partial charge on any atom is 0.162 e. The Hall–Kier alpha value is -2.33. The number of hydrogen-bond acceptors (Lipinski definition) is 4. The number of ketones is 1. The molecule has 2 aromatic heterocycles. The van der Waals surface area contributed by atoms with Crippen LogP contribution in [0.4, 0.5) is 0 Å². The van der Waals surface area contributed by atoms with Gasteiger partial charge in [0.2, 0.25) is 0 Å². The molecule has 4 aromatic rings. The molecular formula is C35H44IrNO2S-. The summed E-state index contributed by atoms with van der Waals surface area (Å²) in [6, 6.07) is 20.8. The minimum absolute atomic E-state index is 0. The zero-order valence-electron chi connectivity index (χ0n) is 25.2. The van der Waals surface area contributed by atoms with Gasteiger partial charge in [-0.1, -0.05) is 83.7 Å². The van der Waals surface area contributed by atoms with E-state index in [0.717, 1.165) is 47.8 Å². The summed E-state index contributed by atoms with van der Waals surface area (Å²) in [7, 11) is 0. The Balaban J connectivity index is 0.000000307. The van der Waals surface area contributed by atoms with Crippen molar-refractivity contribution in [3.05, 3.63) is 76.9 Å². The number of allylic oxidation sites excluding steroid dienone is 2. The molecule has 40 heavy (non-hydrogen) atoms. The molecule has 2 heterocycles. The Morgan fingerprint density at radius 2 is 1.60 bits per heavy atom. The molecule has 2 aromatic carbocycles. The number of aliphatic hydroxyl groups excluding tert-OH is 1. The molecule has 0 saturated carbocycles. The first-order valence-corrected chi connectivity index (χ1v) is 15.1. The second-order valence-electron chi connectivity index (χ2n) is 11.3. The third kappa shape index (κ3) is 8.35. The number of thiophene rings is 1. The molecule has 1 radical (unpaired) electrons. The predicted octanol–water partition coefficient (Wildman–Crippen LogP) is 10.4.